The molecule has 11 heteroatoms. The Morgan fingerprint density at radius 1 is 0.290 bits per heavy atom. The Morgan fingerprint density at radius 3 is 0.763 bits per heavy atom. The Kier molecular flexibility index (Phi) is 5.35. The normalized spacial score (nSPS) is 21.2. The number of benzene rings is 18. The fourth-order valence-corrected chi connectivity index (χ4v) is 27.4. The molecule has 5 aliphatic carbocycles. The highest BCUT2D eigenvalue weighted by molar-refractivity contribution is 6.82. The lowest BCUT2D eigenvalue weighted by molar-refractivity contribution is -0.167. The fourth-order valence-electron chi connectivity index (χ4n) is 27.4. The fraction of sp³-hybridized carbons (Fsp3) is 0.256. The molecular formula is C82H39NO10. The first kappa shape index (κ1) is 43.4. The summed E-state index contributed by atoms with van der Waals surface area (Å²) in [6, 6.07) is 0. The number of esters is 2. The Bertz CT molecular complexity index is 7350. The van der Waals surface area contributed by atoms with Crippen LogP contribution in [0.1, 0.15) is 62.3 Å². The average Bonchev–Trinajstić information content (AvgIpc) is 1.36. The summed E-state index contributed by atoms with van der Waals surface area (Å²) in [4.78, 5) is 48.0. The standard InChI is InChI=1S/C82H39NO10/c1-79(2,3)93-78(86)83-8-6-5-7-9-91-76(84)82(77(85)92-17-16-90-15-14-89-13-12-88-11-10-87-4)80-72-64-56-46-36-28-20-18-19-22-26-24(20)32-40-34(26)44-38-30(22)31-23(19)27-25-21(18)29(28)37-43-33(25)41-35(27)45-39(31)49-48(38)58-52(44)62-54(40)60(50(56)42(32)36)68(72)70(62)74-66(58)67-59(49)53(45)63-55(41)61-51(43)57(47(37)46)65(64)73(80)69(61)71(63)75(67)81(74,80)82/h5-17H2,1-4H3,(H,83,86). The monoisotopic (exact) mass is 1200 g/mol. The second kappa shape index (κ2) is 11.5. The van der Waals surface area contributed by atoms with E-state index in [0.717, 1.165) is 0 Å². The van der Waals surface area contributed by atoms with Crippen LogP contribution in [0.4, 0.5) is 4.79 Å². The number of nitrogens with one attached hydrogen (secondary N) is 1. The highest BCUT2D eigenvalue weighted by atomic mass is 16.6. The van der Waals surface area contributed by atoms with Crippen molar-refractivity contribution in [2.45, 2.75) is 56.5 Å². The summed E-state index contributed by atoms with van der Waals surface area (Å²) in [5.74, 6) is -0.978. The summed E-state index contributed by atoms with van der Waals surface area (Å²) in [7, 11) is 1.66. The van der Waals surface area contributed by atoms with Crippen LogP contribution in [0, 0.1) is 5.41 Å². The molecule has 1 amide bonds. The second-order valence-electron chi connectivity index (χ2n) is 31.6. The van der Waals surface area contributed by atoms with Crippen molar-refractivity contribution in [1.29, 1.82) is 0 Å². The SMILES string of the molecule is COCCOCCOCCOCCOC(=O)C1(C(=O)OCCCCCNC(=O)OC(C)(C)C)C23c4c5c6c7c8c9c(c%10c%11c2c2c4c4c%12c5c5c6c6c8c8c%13c9c9c%10c%10c%11c%11c2c2c4c4c%12c%12c5c5c6c8c6c8c%13c9c9c%10c%10c%11c2c2c4c4c%12c5c6c5c8c9c%10c2c45)C713. The number of unbranched alkanes of at least 4 members (excludes halogenated alkanes) is 2. The van der Waals surface area contributed by atoms with E-state index >= 15 is 9.59 Å². The summed E-state index contributed by atoms with van der Waals surface area (Å²) in [5, 5.41) is 80.6. The van der Waals surface area contributed by atoms with Crippen molar-refractivity contribution in [2.24, 2.45) is 5.41 Å². The van der Waals surface area contributed by atoms with Crippen molar-refractivity contribution in [3.8, 4) is 0 Å². The van der Waals surface area contributed by atoms with Gasteiger partial charge in [-0.05, 0) is 353 Å². The lowest BCUT2D eigenvalue weighted by Gasteiger charge is -2.32. The molecule has 93 heavy (non-hydrogen) atoms. The van der Waals surface area contributed by atoms with Crippen molar-refractivity contribution in [2.75, 3.05) is 73.1 Å². The zero-order valence-electron chi connectivity index (χ0n) is 50.3. The number of alkyl carbamates (subject to hydrolysis) is 1. The molecule has 2 spiro atoms. The number of carbonyl (C=O) groups excluding carboxylic acids is 3. The smallest absolute Gasteiger partial charge is 0.407 e. The van der Waals surface area contributed by atoms with Gasteiger partial charge >= 0.3 is 18.0 Å². The summed E-state index contributed by atoms with van der Waals surface area (Å²) >= 11 is 0. The van der Waals surface area contributed by atoms with Crippen molar-refractivity contribution >= 4 is 309 Å². The third-order valence-corrected chi connectivity index (χ3v) is 28.3. The molecule has 1 saturated carbocycles. The molecule has 1 N–H and O–H groups in total. The molecule has 28 aromatic carbocycles. The third-order valence-electron chi connectivity index (χ3n) is 28.3. The van der Waals surface area contributed by atoms with Crippen LogP contribution in [0.25, 0.3) is 291 Å². The molecule has 28 aromatic rings. The predicted octanol–water partition coefficient (Wildman–Crippen LogP) is 17.8. The largest absolute Gasteiger partial charge is 0.465 e. The van der Waals surface area contributed by atoms with Gasteiger partial charge in [-0.25, -0.2) is 4.79 Å². The van der Waals surface area contributed by atoms with Gasteiger partial charge in [-0.15, -0.1) is 0 Å². The van der Waals surface area contributed by atoms with Gasteiger partial charge in [-0.1, -0.05) is 0 Å². The lowest BCUT2D eigenvalue weighted by atomic mass is 9.68. The number of hydrogen-bond acceptors (Lipinski definition) is 10. The molecule has 0 radical (unpaired) electrons. The van der Waals surface area contributed by atoms with Crippen LogP contribution < -0.4 is 5.32 Å². The molecule has 0 atom stereocenters. The number of carbonyl (C=O) groups is 3. The molecule has 0 aromatic heterocycles. The van der Waals surface area contributed by atoms with Gasteiger partial charge in [0.15, 0.2) is 5.41 Å². The van der Waals surface area contributed by atoms with Gasteiger partial charge in [0, 0.05) is 13.7 Å². The molecule has 0 saturated heterocycles. The minimum atomic E-state index is -1.87. The quantitative estimate of drug-likeness (QED) is 0.0259. The van der Waals surface area contributed by atoms with Crippen LogP contribution in [0.2, 0.25) is 0 Å². The maximum Gasteiger partial charge on any atom is 0.407 e. The summed E-state index contributed by atoms with van der Waals surface area (Å²) in [6.07, 6.45) is 1.48. The van der Waals surface area contributed by atoms with Crippen molar-refractivity contribution in [3.63, 3.8) is 0 Å². The zero-order valence-corrected chi connectivity index (χ0v) is 50.3. The van der Waals surface area contributed by atoms with Gasteiger partial charge in [0.1, 0.15) is 12.2 Å². The van der Waals surface area contributed by atoms with Crippen LogP contribution in [-0.2, 0) is 53.6 Å². The molecule has 1 fully saturated rings. The highest BCUT2D eigenvalue weighted by Crippen LogP contribution is 2.96. The van der Waals surface area contributed by atoms with Gasteiger partial charge in [0.05, 0.1) is 63.7 Å². The molecule has 0 aliphatic heterocycles. The summed E-state index contributed by atoms with van der Waals surface area (Å²) < 4.78 is 42.7. The van der Waals surface area contributed by atoms with E-state index in [-0.39, 0.29) is 19.8 Å². The first-order valence-electron chi connectivity index (χ1n) is 34.0. The van der Waals surface area contributed by atoms with Gasteiger partial charge in [0.2, 0.25) is 0 Å². The van der Waals surface area contributed by atoms with Crippen LogP contribution in [0.15, 0.2) is 0 Å². The van der Waals surface area contributed by atoms with Gasteiger partial charge in [-0.2, -0.15) is 0 Å². The van der Waals surface area contributed by atoms with Crippen LogP contribution in [-0.4, -0.2) is 96.7 Å². The summed E-state index contributed by atoms with van der Waals surface area (Å²) in [6.45, 7) is 8.84. The van der Waals surface area contributed by atoms with E-state index in [1.54, 1.807) is 17.9 Å². The van der Waals surface area contributed by atoms with Crippen LogP contribution in [0.5, 0.6) is 0 Å². The van der Waals surface area contributed by atoms with E-state index in [2.05, 4.69) is 5.32 Å². The molecule has 0 heterocycles. The van der Waals surface area contributed by atoms with Crippen LogP contribution >= 0.6 is 0 Å². The number of ether oxygens (including phenoxy) is 7. The molecule has 11 nitrogen and oxygen atoms in total. The van der Waals surface area contributed by atoms with E-state index in [0.29, 0.717) is 65.4 Å². The van der Waals surface area contributed by atoms with Crippen molar-refractivity contribution < 1.29 is 47.5 Å². The Labute approximate surface area is 516 Å². The molecule has 0 unspecified atom stereocenters. The topological polar surface area (TPSA) is 128 Å². The Hall–Kier alpha value is -9.49. The number of methoxy groups -OCH3 is 1. The molecule has 33 rings (SSSR count). The highest BCUT2D eigenvalue weighted by Gasteiger charge is 3.01. The maximum atomic E-state index is 17.6. The van der Waals surface area contributed by atoms with E-state index < -0.39 is 39.9 Å². The average molecular weight is 1200 g/mol. The van der Waals surface area contributed by atoms with E-state index in [1.807, 2.05) is 20.8 Å². The minimum absolute atomic E-state index is 0.0380. The van der Waals surface area contributed by atoms with E-state index in [1.165, 1.54) is 302 Å². The predicted molar refractivity (Wildman–Crippen MR) is 371 cm³/mol. The number of rotatable bonds is 20. The first-order valence-corrected chi connectivity index (χ1v) is 34.0. The maximum absolute atomic E-state index is 17.6. The lowest BCUT2D eigenvalue weighted by Crippen LogP contribution is -2.39. The van der Waals surface area contributed by atoms with Crippen molar-refractivity contribution in [3.05, 3.63) is 22.3 Å². The van der Waals surface area contributed by atoms with E-state index in [4.69, 9.17) is 33.2 Å². The molecular weight excluding hydrogens is 1160 g/mol. The number of amides is 1. The second-order valence-corrected chi connectivity index (χ2v) is 31.6. The van der Waals surface area contributed by atoms with E-state index in [9.17, 15) is 4.79 Å². The first-order chi connectivity index (χ1) is 45.7. The van der Waals surface area contributed by atoms with Crippen molar-refractivity contribution in [1.82, 2.24) is 5.32 Å². The minimum Gasteiger partial charge on any atom is -0.465 e. The van der Waals surface area contributed by atoms with Gasteiger partial charge < -0.3 is 38.5 Å². The summed E-state index contributed by atoms with van der Waals surface area (Å²) in [5.41, 5.74) is -0.0667. The zero-order chi connectivity index (χ0) is 59.1. The molecule has 432 valence electrons. The number of hydrogen-bond donors (Lipinski definition) is 1. The molecule has 0 bridgehead atoms. The van der Waals surface area contributed by atoms with Gasteiger partial charge in [0.25, 0.3) is 0 Å². The Balaban J connectivity index is 0.762. The molecule has 5 aliphatic rings. The van der Waals surface area contributed by atoms with Crippen LogP contribution in [0.3, 0.4) is 0 Å². The third kappa shape index (κ3) is 3.02. The van der Waals surface area contributed by atoms with Gasteiger partial charge in [-0.3, -0.25) is 9.59 Å². The Morgan fingerprint density at radius 2 is 0.516 bits per heavy atom.